The third-order valence-corrected chi connectivity index (χ3v) is 4.25. The minimum Gasteiger partial charge on any atom is -0.489 e. The number of hydrogen-bond acceptors (Lipinski definition) is 3. The van der Waals surface area contributed by atoms with Gasteiger partial charge in [0.1, 0.15) is 12.4 Å². The lowest BCUT2D eigenvalue weighted by molar-refractivity contribution is 0.237. The van der Waals surface area contributed by atoms with Crippen LogP contribution in [-0.4, -0.2) is 17.8 Å². The van der Waals surface area contributed by atoms with E-state index in [0.29, 0.717) is 23.2 Å². The zero-order valence-corrected chi connectivity index (χ0v) is 14.6. The molecule has 124 valence electrons. The van der Waals surface area contributed by atoms with Gasteiger partial charge in [0.25, 0.3) is 0 Å². The summed E-state index contributed by atoms with van der Waals surface area (Å²) in [6, 6.07) is 13.3. The zero-order chi connectivity index (χ0) is 16.7. The molecule has 0 heterocycles. The Morgan fingerprint density at radius 2 is 1.91 bits per heavy atom. The molecule has 0 aliphatic heterocycles. The lowest BCUT2D eigenvalue weighted by atomic mass is 10.1. The van der Waals surface area contributed by atoms with E-state index in [4.69, 9.17) is 27.9 Å². The van der Waals surface area contributed by atoms with Gasteiger partial charge in [-0.2, -0.15) is 0 Å². The van der Waals surface area contributed by atoms with Gasteiger partial charge in [0.15, 0.2) is 0 Å². The molecular formula is C18H21Cl2NO2. The molecule has 0 unspecified atom stereocenters. The first-order chi connectivity index (χ1) is 11.1. The summed E-state index contributed by atoms with van der Waals surface area (Å²) in [5, 5.41) is 13.8. The Labute approximate surface area is 147 Å². The first-order valence-corrected chi connectivity index (χ1v) is 8.38. The van der Waals surface area contributed by atoms with Gasteiger partial charge >= 0.3 is 0 Å². The normalized spacial score (nSPS) is 12.2. The molecule has 3 nitrogen and oxygen atoms in total. The number of ether oxygens (including phenoxy) is 1. The second-order valence-corrected chi connectivity index (χ2v) is 6.14. The molecule has 0 saturated carbocycles. The second-order valence-electron chi connectivity index (χ2n) is 5.30. The minimum absolute atomic E-state index is 0.0914. The Bertz CT molecular complexity index is 630. The zero-order valence-electron chi connectivity index (χ0n) is 13.1. The standard InChI is InChI=1S/C18H21Cl2NO2/c1-2-16(11-22)21-10-13-5-3-4-6-18(13)23-12-14-7-8-15(19)9-17(14)20/h3-9,16,21-22H,2,10-12H2,1H3/t16-/m1/s1. The lowest BCUT2D eigenvalue weighted by Gasteiger charge is -2.16. The highest BCUT2D eigenvalue weighted by atomic mass is 35.5. The molecule has 2 N–H and O–H groups in total. The van der Waals surface area contributed by atoms with E-state index in [1.165, 1.54) is 0 Å². The Balaban J connectivity index is 2.02. The molecule has 0 fully saturated rings. The maximum atomic E-state index is 9.26. The number of nitrogens with one attached hydrogen (secondary N) is 1. The van der Waals surface area contributed by atoms with Gasteiger partial charge in [0.2, 0.25) is 0 Å². The molecule has 0 aromatic heterocycles. The number of aliphatic hydroxyl groups is 1. The smallest absolute Gasteiger partial charge is 0.124 e. The van der Waals surface area contributed by atoms with Crippen molar-refractivity contribution in [2.24, 2.45) is 0 Å². The second kappa shape index (κ2) is 9.14. The van der Waals surface area contributed by atoms with Crippen molar-refractivity contribution in [2.45, 2.75) is 32.5 Å². The highest BCUT2D eigenvalue weighted by molar-refractivity contribution is 6.35. The molecule has 1 atom stereocenters. The van der Waals surface area contributed by atoms with Crippen LogP contribution in [-0.2, 0) is 13.2 Å². The summed E-state index contributed by atoms with van der Waals surface area (Å²) in [4.78, 5) is 0. The molecule has 5 heteroatoms. The predicted octanol–water partition coefficient (Wildman–Crippen LogP) is 4.43. The van der Waals surface area contributed by atoms with Crippen LogP contribution in [0.2, 0.25) is 10.0 Å². The van der Waals surface area contributed by atoms with E-state index in [2.05, 4.69) is 5.32 Å². The van der Waals surface area contributed by atoms with Crippen molar-refractivity contribution in [3.8, 4) is 5.75 Å². The number of para-hydroxylation sites is 1. The van der Waals surface area contributed by atoms with Crippen molar-refractivity contribution in [3.63, 3.8) is 0 Å². The van der Waals surface area contributed by atoms with Crippen LogP contribution < -0.4 is 10.1 Å². The maximum Gasteiger partial charge on any atom is 0.124 e. The number of aliphatic hydroxyl groups excluding tert-OH is 1. The summed E-state index contributed by atoms with van der Waals surface area (Å²) in [6.45, 7) is 3.19. The molecule has 2 aromatic carbocycles. The van der Waals surface area contributed by atoms with E-state index in [0.717, 1.165) is 23.3 Å². The molecule has 0 spiro atoms. The number of halogens is 2. The van der Waals surface area contributed by atoms with Crippen LogP contribution in [0.4, 0.5) is 0 Å². The highest BCUT2D eigenvalue weighted by Crippen LogP contribution is 2.24. The Kier molecular flexibility index (Phi) is 7.18. The van der Waals surface area contributed by atoms with Crippen molar-refractivity contribution in [3.05, 3.63) is 63.6 Å². The van der Waals surface area contributed by atoms with Crippen LogP contribution in [0.1, 0.15) is 24.5 Å². The number of hydrogen-bond donors (Lipinski definition) is 2. The summed E-state index contributed by atoms with van der Waals surface area (Å²) >= 11 is 12.1. The van der Waals surface area contributed by atoms with Gasteiger partial charge in [-0.25, -0.2) is 0 Å². The lowest BCUT2D eigenvalue weighted by Crippen LogP contribution is -2.31. The molecule has 0 aliphatic rings. The molecular weight excluding hydrogens is 333 g/mol. The quantitative estimate of drug-likeness (QED) is 0.737. The third-order valence-electron chi connectivity index (χ3n) is 3.67. The van der Waals surface area contributed by atoms with E-state index in [-0.39, 0.29) is 12.6 Å². The first-order valence-electron chi connectivity index (χ1n) is 7.63. The average molecular weight is 354 g/mol. The van der Waals surface area contributed by atoms with Crippen LogP contribution in [0.15, 0.2) is 42.5 Å². The minimum atomic E-state index is 0.0914. The summed E-state index contributed by atoms with van der Waals surface area (Å²) in [5.41, 5.74) is 1.94. The molecule has 0 aliphatic carbocycles. The van der Waals surface area contributed by atoms with Gasteiger partial charge in [-0.15, -0.1) is 0 Å². The van der Waals surface area contributed by atoms with Gasteiger partial charge in [-0.3, -0.25) is 0 Å². The van der Waals surface area contributed by atoms with Crippen LogP contribution in [0.5, 0.6) is 5.75 Å². The maximum absolute atomic E-state index is 9.26. The fourth-order valence-electron chi connectivity index (χ4n) is 2.18. The summed E-state index contributed by atoms with van der Waals surface area (Å²) in [6.07, 6.45) is 0.875. The van der Waals surface area contributed by atoms with Gasteiger partial charge < -0.3 is 15.2 Å². The van der Waals surface area contributed by atoms with E-state index in [1.54, 1.807) is 12.1 Å². The van der Waals surface area contributed by atoms with Crippen LogP contribution in [0.3, 0.4) is 0 Å². The fourth-order valence-corrected chi connectivity index (χ4v) is 2.64. The third kappa shape index (κ3) is 5.40. The SMILES string of the molecule is CC[C@H](CO)NCc1ccccc1OCc1ccc(Cl)cc1Cl. The van der Waals surface area contributed by atoms with Crippen molar-refractivity contribution < 1.29 is 9.84 Å². The van der Waals surface area contributed by atoms with Crippen molar-refractivity contribution in [1.82, 2.24) is 5.32 Å². The molecule has 2 aromatic rings. The number of rotatable bonds is 8. The molecule has 0 bridgehead atoms. The Morgan fingerprint density at radius 3 is 2.61 bits per heavy atom. The van der Waals surface area contributed by atoms with Gasteiger partial charge in [-0.1, -0.05) is 54.4 Å². The van der Waals surface area contributed by atoms with E-state index in [9.17, 15) is 5.11 Å². The van der Waals surface area contributed by atoms with Crippen molar-refractivity contribution >= 4 is 23.2 Å². The summed E-state index contributed by atoms with van der Waals surface area (Å²) in [7, 11) is 0. The van der Waals surface area contributed by atoms with E-state index < -0.39 is 0 Å². The van der Waals surface area contributed by atoms with Gasteiger partial charge in [0.05, 0.1) is 6.61 Å². The topological polar surface area (TPSA) is 41.5 Å². The Hall–Kier alpha value is -1.26. The van der Waals surface area contributed by atoms with E-state index in [1.807, 2.05) is 37.3 Å². The van der Waals surface area contributed by atoms with Crippen LogP contribution in [0, 0.1) is 0 Å². The molecule has 0 amide bonds. The number of benzene rings is 2. The van der Waals surface area contributed by atoms with Gasteiger partial charge in [-0.05, 0) is 24.6 Å². The van der Waals surface area contributed by atoms with Crippen LogP contribution >= 0.6 is 23.2 Å². The molecule has 2 rings (SSSR count). The average Bonchev–Trinajstić information content (AvgIpc) is 2.56. The molecule has 23 heavy (non-hydrogen) atoms. The Morgan fingerprint density at radius 1 is 1.13 bits per heavy atom. The predicted molar refractivity (Wildman–Crippen MR) is 95.2 cm³/mol. The molecule has 0 saturated heterocycles. The van der Waals surface area contributed by atoms with Crippen molar-refractivity contribution in [2.75, 3.05) is 6.61 Å². The monoisotopic (exact) mass is 353 g/mol. The summed E-state index contributed by atoms with van der Waals surface area (Å²) < 4.78 is 5.91. The highest BCUT2D eigenvalue weighted by Gasteiger charge is 2.08. The fraction of sp³-hybridized carbons (Fsp3) is 0.333. The van der Waals surface area contributed by atoms with Crippen LogP contribution in [0.25, 0.3) is 0 Å². The molecule has 0 radical (unpaired) electrons. The largest absolute Gasteiger partial charge is 0.489 e. The first kappa shape index (κ1) is 18.1. The van der Waals surface area contributed by atoms with Gasteiger partial charge in [0, 0.05) is 33.8 Å². The van der Waals surface area contributed by atoms with E-state index >= 15 is 0 Å². The van der Waals surface area contributed by atoms with Crippen molar-refractivity contribution in [1.29, 1.82) is 0 Å². The summed E-state index contributed by atoms with van der Waals surface area (Å²) in [5.74, 6) is 0.804.